The van der Waals surface area contributed by atoms with Crippen LogP contribution in [0, 0.1) is 11.8 Å². The minimum absolute atomic E-state index is 0.164. The van der Waals surface area contributed by atoms with Gasteiger partial charge >= 0.3 is 6.18 Å². The van der Waals surface area contributed by atoms with Crippen molar-refractivity contribution in [3.05, 3.63) is 54.2 Å². The number of likely N-dealkylation sites (tertiary alicyclic amines) is 1. The molecule has 0 unspecified atom stereocenters. The van der Waals surface area contributed by atoms with Crippen molar-refractivity contribution in [3.8, 4) is 11.8 Å². The lowest BCUT2D eigenvalue weighted by Gasteiger charge is -2.32. The summed E-state index contributed by atoms with van der Waals surface area (Å²) in [6.07, 6.45) is -2.54. The van der Waals surface area contributed by atoms with E-state index in [0.717, 1.165) is 42.5 Å². The summed E-state index contributed by atoms with van der Waals surface area (Å²) in [6, 6.07) is 13.5. The topological polar surface area (TPSA) is 78.8 Å². The van der Waals surface area contributed by atoms with Crippen molar-refractivity contribution >= 4 is 32.3 Å². The van der Waals surface area contributed by atoms with Crippen molar-refractivity contribution < 1.29 is 26.3 Å². The van der Waals surface area contributed by atoms with Gasteiger partial charge in [0, 0.05) is 63.6 Å². The molecule has 1 aliphatic rings. The number of hydrogen-bond donors (Lipinski definition) is 2. The lowest BCUT2D eigenvalue weighted by Crippen LogP contribution is -2.40. The van der Waals surface area contributed by atoms with E-state index in [1.807, 2.05) is 6.07 Å². The van der Waals surface area contributed by atoms with E-state index in [1.54, 1.807) is 37.4 Å². The Labute approximate surface area is 239 Å². The molecule has 12 heteroatoms. The van der Waals surface area contributed by atoms with E-state index in [4.69, 9.17) is 4.74 Å². The van der Waals surface area contributed by atoms with Gasteiger partial charge in [-0.3, -0.25) is 0 Å². The third-order valence-corrected chi connectivity index (χ3v) is 8.90. The molecule has 1 aromatic heterocycles. The lowest BCUT2D eigenvalue weighted by atomic mass is 10.0. The fraction of sp³-hybridized carbons (Fsp3) is 0.448. The molecule has 0 radical (unpaired) electrons. The molecular formula is C29H36F3N5O3S. The molecule has 2 N–H and O–H groups in total. The highest BCUT2D eigenvalue weighted by Gasteiger charge is 2.30. The van der Waals surface area contributed by atoms with Crippen molar-refractivity contribution in [1.29, 1.82) is 0 Å². The number of nitrogens with zero attached hydrogens (tertiary/aromatic N) is 3. The molecule has 1 aliphatic heterocycles. The largest absolute Gasteiger partial charge is 0.406 e. The van der Waals surface area contributed by atoms with E-state index in [2.05, 4.69) is 27.4 Å². The number of ether oxygens (including phenoxy) is 1. The molecule has 0 spiro atoms. The number of methoxy groups -OCH3 is 1. The summed E-state index contributed by atoms with van der Waals surface area (Å²) in [6.45, 7) is 2.47. The Kier molecular flexibility index (Phi) is 9.86. The number of hydrogen-bond acceptors (Lipinski definition) is 6. The second-order valence-corrected chi connectivity index (χ2v) is 12.3. The van der Waals surface area contributed by atoms with Crippen molar-refractivity contribution in [2.24, 2.45) is 0 Å². The predicted molar refractivity (Wildman–Crippen MR) is 156 cm³/mol. The van der Waals surface area contributed by atoms with Crippen LogP contribution in [-0.4, -0.2) is 88.4 Å². The Hall–Kier alpha value is -3.24. The number of piperidine rings is 1. The predicted octanol–water partition coefficient (Wildman–Crippen LogP) is 4.44. The number of nitrogens with one attached hydrogen (secondary N) is 2. The second kappa shape index (κ2) is 13.2. The zero-order valence-electron chi connectivity index (χ0n) is 23.5. The summed E-state index contributed by atoms with van der Waals surface area (Å²) >= 11 is 0. The molecular weight excluding hydrogens is 555 g/mol. The minimum Gasteiger partial charge on any atom is -0.383 e. The maximum absolute atomic E-state index is 13.5. The van der Waals surface area contributed by atoms with Crippen molar-refractivity contribution in [2.75, 3.05) is 64.6 Å². The number of benzene rings is 2. The Morgan fingerprint density at radius 3 is 2.44 bits per heavy atom. The van der Waals surface area contributed by atoms with Crippen LogP contribution >= 0.6 is 0 Å². The first-order valence-corrected chi connectivity index (χ1v) is 14.8. The molecule has 0 aliphatic carbocycles. The molecule has 8 nitrogen and oxygen atoms in total. The molecule has 222 valence electrons. The average Bonchev–Trinajstić information content (AvgIpc) is 3.27. The maximum atomic E-state index is 13.5. The summed E-state index contributed by atoms with van der Waals surface area (Å²) < 4.78 is 72.6. The molecule has 1 fully saturated rings. The standard InChI is InChI=1S/C29H36F3N5O3S/c1-35(2)41(38,39)25-11-9-22(10-12-25)33-15-5-6-24-20-26-27(7-4-8-28(26)37(24)21-29(30,31)32)34-23-13-16-36(17-14-23)18-19-40-3/h4,7-12,20,23,33-34H,13-19,21H2,1-3H3. The highest BCUT2D eigenvalue weighted by atomic mass is 32.2. The van der Waals surface area contributed by atoms with Gasteiger partial charge in [-0.25, -0.2) is 12.7 Å². The van der Waals surface area contributed by atoms with E-state index in [0.29, 0.717) is 23.2 Å². The first-order valence-electron chi connectivity index (χ1n) is 13.4. The normalized spacial score (nSPS) is 15.2. The van der Waals surface area contributed by atoms with Crippen LogP contribution in [0.5, 0.6) is 0 Å². The number of alkyl halides is 3. The van der Waals surface area contributed by atoms with E-state index in [9.17, 15) is 21.6 Å². The summed E-state index contributed by atoms with van der Waals surface area (Å²) in [5, 5.41) is 7.33. The van der Waals surface area contributed by atoms with Crippen LogP contribution < -0.4 is 10.6 Å². The molecule has 4 rings (SSSR count). The quantitative estimate of drug-likeness (QED) is 0.340. The van der Waals surface area contributed by atoms with Gasteiger partial charge in [0.2, 0.25) is 10.0 Å². The van der Waals surface area contributed by atoms with Crippen LogP contribution in [0.15, 0.2) is 53.4 Å². The molecule has 3 aromatic rings. The van der Waals surface area contributed by atoms with Crippen LogP contribution in [0.2, 0.25) is 0 Å². The molecule has 0 bridgehead atoms. The molecule has 2 heterocycles. The first kappa shape index (κ1) is 30.7. The van der Waals surface area contributed by atoms with Crippen LogP contribution in [0.3, 0.4) is 0 Å². The maximum Gasteiger partial charge on any atom is 0.406 e. The summed E-state index contributed by atoms with van der Waals surface area (Å²) in [7, 11) is 1.08. The van der Waals surface area contributed by atoms with Gasteiger partial charge in [-0.15, -0.1) is 0 Å². The first-order chi connectivity index (χ1) is 19.5. The lowest BCUT2D eigenvalue weighted by molar-refractivity contribution is -0.140. The molecule has 0 amide bonds. The van der Waals surface area contributed by atoms with Gasteiger partial charge < -0.3 is 24.8 Å². The zero-order valence-corrected chi connectivity index (χ0v) is 24.3. The van der Waals surface area contributed by atoms with Gasteiger partial charge in [-0.2, -0.15) is 13.2 Å². The van der Waals surface area contributed by atoms with Gasteiger partial charge in [0.15, 0.2) is 0 Å². The van der Waals surface area contributed by atoms with Gasteiger partial charge in [-0.05, 0) is 61.2 Å². The van der Waals surface area contributed by atoms with Crippen molar-refractivity contribution in [3.63, 3.8) is 0 Å². The third-order valence-electron chi connectivity index (χ3n) is 7.07. The van der Waals surface area contributed by atoms with E-state index < -0.39 is 22.7 Å². The van der Waals surface area contributed by atoms with Crippen molar-refractivity contribution in [1.82, 2.24) is 13.8 Å². The monoisotopic (exact) mass is 591 g/mol. The summed E-state index contributed by atoms with van der Waals surface area (Å²) in [5.41, 5.74) is 2.19. The highest BCUT2D eigenvalue weighted by molar-refractivity contribution is 7.89. The third kappa shape index (κ3) is 7.95. The van der Waals surface area contributed by atoms with Crippen LogP contribution in [0.25, 0.3) is 10.9 Å². The number of fused-ring (bicyclic) bond motifs is 1. The molecule has 0 saturated carbocycles. The number of halogens is 3. The van der Waals surface area contributed by atoms with E-state index in [-0.39, 0.29) is 23.2 Å². The van der Waals surface area contributed by atoms with Crippen LogP contribution in [-0.2, 0) is 21.3 Å². The van der Waals surface area contributed by atoms with E-state index >= 15 is 0 Å². The molecule has 0 atom stereocenters. The smallest absolute Gasteiger partial charge is 0.383 e. The second-order valence-electron chi connectivity index (χ2n) is 10.2. The Morgan fingerprint density at radius 2 is 1.80 bits per heavy atom. The van der Waals surface area contributed by atoms with Gasteiger partial charge in [-0.1, -0.05) is 12.0 Å². The van der Waals surface area contributed by atoms with Crippen molar-refractivity contribution in [2.45, 2.75) is 36.5 Å². The highest BCUT2D eigenvalue weighted by Crippen LogP contribution is 2.31. The number of anilines is 2. The summed E-state index contributed by atoms with van der Waals surface area (Å²) in [4.78, 5) is 2.51. The Bertz CT molecular complexity index is 1480. The van der Waals surface area contributed by atoms with Crippen LogP contribution in [0.1, 0.15) is 18.5 Å². The van der Waals surface area contributed by atoms with E-state index in [1.165, 1.54) is 30.8 Å². The molecule has 41 heavy (non-hydrogen) atoms. The van der Waals surface area contributed by atoms with Gasteiger partial charge in [0.05, 0.1) is 29.3 Å². The Morgan fingerprint density at radius 1 is 1.10 bits per heavy atom. The molecule has 2 aromatic carbocycles. The average molecular weight is 592 g/mol. The zero-order chi connectivity index (χ0) is 29.6. The van der Waals surface area contributed by atoms with Gasteiger partial charge in [0.25, 0.3) is 0 Å². The SMILES string of the molecule is COCCN1CCC(Nc2cccc3c2cc(C#CCNc2ccc(S(=O)(=O)N(C)C)cc2)n3CC(F)(F)F)CC1. The fourth-order valence-corrected chi connectivity index (χ4v) is 5.74. The molecule has 1 saturated heterocycles. The fourth-order valence-electron chi connectivity index (χ4n) is 4.84. The van der Waals surface area contributed by atoms with Gasteiger partial charge in [0.1, 0.15) is 6.54 Å². The van der Waals surface area contributed by atoms with Crippen LogP contribution in [0.4, 0.5) is 24.5 Å². The summed E-state index contributed by atoms with van der Waals surface area (Å²) in [5.74, 6) is 5.81. The number of aromatic nitrogens is 1. The Balaban J connectivity index is 1.50. The number of rotatable bonds is 10. The minimum atomic E-state index is -4.41. The number of sulfonamides is 1.